The third-order valence-electron chi connectivity index (χ3n) is 4.79. The molecule has 148 valence electrons. The molecular weight excluding hydrogens is 367 g/mol. The van der Waals surface area contributed by atoms with E-state index in [1.165, 1.54) is 19.1 Å². The van der Waals surface area contributed by atoms with E-state index in [1.807, 2.05) is 0 Å². The van der Waals surface area contributed by atoms with Crippen LogP contribution in [0.25, 0.3) is 0 Å². The SMILES string of the molecule is CN1NN=NC1NC(=O)c1nn(C)c(=O)c(C2CCCCC2)c1C(F)(F)F. The van der Waals surface area contributed by atoms with Crippen LogP contribution in [0, 0.1) is 0 Å². The van der Waals surface area contributed by atoms with E-state index in [4.69, 9.17) is 0 Å². The van der Waals surface area contributed by atoms with Crippen LogP contribution in [-0.4, -0.2) is 34.0 Å². The van der Waals surface area contributed by atoms with Gasteiger partial charge in [0.25, 0.3) is 11.5 Å². The third-order valence-corrected chi connectivity index (χ3v) is 4.79. The Balaban J connectivity index is 2.09. The molecule has 1 fully saturated rings. The Morgan fingerprint density at radius 1 is 1.22 bits per heavy atom. The number of nitrogens with one attached hydrogen (secondary N) is 2. The van der Waals surface area contributed by atoms with E-state index in [2.05, 4.69) is 26.3 Å². The predicted octanol–water partition coefficient (Wildman–Crippen LogP) is 1.68. The highest BCUT2D eigenvalue weighted by atomic mass is 19.4. The first kappa shape index (κ1) is 19.3. The van der Waals surface area contributed by atoms with Gasteiger partial charge in [0, 0.05) is 19.7 Å². The van der Waals surface area contributed by atoms with Crippen molar-refractivity contribution in [1.82, 2.24) is 25.6 Å². The average molecular weight is 387 g/mol. The van der Waals surface area contributed by atoms with Crippen molar-refractivity contribution < 1.29 is 18.0 Å². The molecule has 0 spiro atoms. The van der Waals surface area contributed by atoms with Gasteiger partial charge in [0.2, 0.25) is 6.29 Å². The molecule has 2 N–H and O–H groups in total. The molecule has 12 heteroatoms. The zero-order valence-corrected chi connectivity index (χ0v) is 14.9. The van der Waals surface area contributed by atoms with Gasteiger partial charge < -0.3 is 5.32 Å². The number of halogens is 3. The number of aromatic nitrogens is 2. The molecule has 0 radical (unpaired) electrons. The van der Waals surface area contributed by atoms with E-state index in [0.29, 0.717) is 12.8 Å². The van der Waals surface area contributed by atoms with E-state index < -0.39 is 41.1 Å². The van der Waals surface area contributed by atoms with Gasteiger partial charge in [-0.15, -0.1) is 5.11 Å². The fourth-order valence-electron chi connectivity index (χ4n) is 3.46. The van der Waals surface area contributed by atoms with Crippen LogP contribution in [0.1, 0.15) is 59.6 Å². The lowest BCUT2D eigenvalue weighted by Crippen LogP contribution is -2.47. The number of carbonyl (C=O) groups excluding carboxylic acids is 1. The summed E-state index contributed by atoms with van der Waals surface area (Å²) in [5.41, 5.74) is -0.834. The number of hydrogen-bond acceptors (Lipinski definition) is 7. The zero-order valence-electron chi connectivity index (χ0n) is 14.9. The maximum atomic E-state index is 13.9. The summed E-state index contributed by atoms with van der Waals surface area (Å²) < 4.78 is 42.5. The summed E-state index contributed by atoms with van der Waals surface area (Å²) in [5.74, 6) is -1.62. The molecular formula is C15H20F3N7O2. The molecule has 1 aromatic heterocycles. The van der Waals surface area contributed by atoms with Crippen molar-refractivity contribution in [3.8, 4) is 0 Å². The Kier molecular flexibility index (Phi) is 5.18. The first-order valence-electron chi connectivity index (χ1n) is 8.57. The molecule has 1 aromatic rings. The molecule has 2 heterocycles. The second-order valence-corrected chi connectivity index (χ2v) is 6.67. The lowest BCUT2D eigenvalue weighted by Gasteiger charge is -2.26. The normalized spacial score (nSPS) is 21.3. The highest BCUT2D eigenvalue weighted by Crippen LogP contribution is 2.40. The molecule has 1 aliphatic carbocycles. The number of hydrogen-bond donors (Lipinski definition) is 2. The average Bonchev–Trinajstić information content (AvgIpc) is 3.01. The van der Waals surface area contributed by atoms with Crippen molar-refractivity contribution in [2.75, 3.05) is 7.05 Å². The summed E-state index contributed by atoms with van der Waals surface area (Å²) in [7, 11) is 2.76. The van der Waals surface area contributed by atoms with Crippen molar-refractivity contribution in [2.45, 2.75) is 50.5 Å². The Labute approximate surface area is 152 Å². The zero-order chi connectivity index (χ0) is 19.8. The van der Waals surface area contributed by atoms with Crippen LogP contribution in [-0.2, 0) is 13.2 Å². The second kappa shape index (κ2) is 7.25. The quantitative estimate of drug-likeness (QED) is 0.821. The van der Waals surface area contributed by atoms with Crippen molar-refractivity contribution in [3.05, 3.63) is 27.2 Å². The van der Waals surface area contributed by atoms with Gasteiger partial charge in [0.05, 0.1) is 5.56 Å². The van der Waals surface area contributed by atoms with Gasteiger partial charge in [-0.1, -0.05) is 24.5 Å². The fraction of sp³-hybridized carbons (Fsp3) is 0.667. The molecule has 1 aliphatic heterocycles. The molecule has 2 aliphatic rings. The lowest BCUT2D eigenvalue weighted by atomic mass is 9.82. The van der Waals surface area contributed by atoms with Crippen LogP contribution < -0.4 is 16.4 Å². The summed E-state index contributed by atoms with van der Waals surface area (Å²) in [6.07, 6.45) is -2.50. The topological polar surface area (TPSA) is 104 Å². The molecule has 1 amide bonds. The lowest BCUT2D eigenvalue weighted by molar-refractivity contribution is -0.139. The molecule has 3 rings (SSSR count). The van der Waals surface area contributed by atoms with Crippen molar-refractivity contribution >= 4 is 5.91 Å². The summed E-state index contributed by atoms with van der Waals surface area (Å²) in [5, 5.41) is 14.4. The minimum Gasteiger partial charge on any atom is -0.314 e. The highest BCUT2D eigenvalue weighted by molar-refractivity contribution is 5.94. The van der Waals surface area contributed by atoms with Crippen LogP contribution in [0.5, 0.6) is 0 Å². The van der Waals surface area contributed by atoms with Crippen LogP contribution in [0.2, 0.25) is 0 Å². The molecule has 0 aromatic carbocycles. The number of rotatable bonds is 3. The molecule has 1 atom stereocenters. The molecule has 0 saturated heterocycles. The summed E-state index contributed by atoms with van der Waals surface area (Å²) in [4.78, 5) is 25.1. The number of amides is 1. The Morgan fingerprint density at radius 3 is 2.44 bits per heavy atom. The molecule has 1 unspecified atom stereocenters. The molecule has 0 bridgehead atoms. The minimum atomic E-state index is -4.89. The first-order valence-corrected chi connectivity index (χ1v) is 8.57. The third kappa shape index (κ3) is 3.80. The van der Waals surface area contributed by atoms with Crippen molar-refractivity contribution in [3.63, 3.8) is 0 Å². The van der Waals surface area contributed by atoms with E-state index in [-0.39, 0.29) is 5.56 Å². The van der Waals surface area contributed by atoms with Crippen LogP contribution in [0.4, 0.5) is 13.2 Å². The van der Waals surface area contributed by atoms with Crippen LogP contribution >= 0.6 is 0 Å². The van der Waals surface area contributed by atoms with Gasteiger partial charge in [-0.3, -0.25) is 9.59 Å². The maximum Gasteiger partial charge on any atom is 0.419 e. The number of aryl methyl sites for hydroxylation is 1. The Hall–Kier alpha value is -2.50. The molecule has 9 nitrogen and oxygen atoms in total. The summed E-state index contributed by atoms with van der Waals surface area (Å²) in [6, 6.07) is 0. The summed E-state index contributed by atoms with van der Waals surface area (Å²) >= 11 is 0. The Bertz CT molecular complexity index is 815. The Morgan fingerprint density at radius 2 is 1.89 bits per heavy atom. The highest BCUT2D eigenvalue weighted by Gasteiger charge is 2.43. The van der Waals surface area contributed by atoms with Gasteiger partial charge in [0.1, 0.15) is 0 Å². The van der Waals surface area contributed by atoms with E-state index in [0.717, 1.165) is 23.9 Å². The fourth-order valence-corrected chi connectivity index (χ4v) is 3.46. The van der Waals surface area contributed by atoms with Gasteiger partial charge in [-0.25, -0.2) is 10.2 Å². The monoisotopic (exact) mass is 387 g/mol. The minimum absolute atomic E-state index is 0.371. The van der Waals surface area contributed by atoms with Gasteiger partial charge >= 0.3 is 6.18 Å². The van der Waals surface area contributed by atoms with Crippen molar-refractivity contribution in [1.29, 1.82) is 0 Å². The standard InChI is InChI=1S/C15H20F3N7O2/c1-24-13(27)9(8-6-4-3-5-7-8)10(15(16,17)18)11(21-24)12(26)19-14-20-22-23-25(14)2/h8,14H,3-7H2,1-2H3,(H,19,26)(H,20,23). The number of alkyl halides is 3. The number of nitrogens with zero attached hydrogens (tertiary/aromatic N) is 5. The first-order chi connectivity index (χ1) is 12.7. The maximum absolute atomic E-state index is 13.9. The number of hydrazine groups is 1. The van der Waals surface area contributed by atoms with E-state index >= 15 is 0 Å². The van der Waals surface area contributed by atoms with E-state index in [9.17, 15) is 22.8 Å². The van der Waals surface area contributed by atoms with Crippen molar-refractivity contribution in [2.24, 2.45) is 17.4 Å². The summed E-state index contributed by atoms with van der Waals surface area (Å²) in [6.45, 7) is 0. The smallest absolute Gasteiger partial charge is 0.314 e. The van der Waals surface area contributed by atoms with E-state index in [1.54, 1.807) is 0 Å². The molecule has 1 saturated carbocycles. The largest absolute Gasteiger partial charge is 0.419 e. The van der Waals surface area contributed by atoms with Gasteiger partial charge in [-0.2, -0.15) is 23.3 Å². The second-order valence-electron chi connectivity index (χ2n) is 6.67. The molecule has 27 heavy (non-hydrogen) atoms. The van der Waals surface area contributed by atoms with Gasteiger partial charge in [0.15, 0.2) is 5.69 Å². The predicted molar refractivity (Wildman–Crippen MR) is 87.3 cm³/mol. The number of carbonyl (C=O) groups is 1. The van der Waals surface area contributed by atoms with Gasteiger partial charge in [-0.05, 0) is 18.8 Å². The van der Waals surface area contributed by atoms with Crippen LogP contribution in [0.3, 0.4) is 0 Å². The van der Waals surface area contributed by atoms with Crippen LogP contribution in [0.15, 0.2) is 15.1 Å².